The van der Waals surface area contributed by atoms with Crippen molar-refractivity contribution in [2.24, 2.45) is 5.14 Å². The van der Waals surface area contributed by atoms with Gasteiger partial charge in [0.2, 0.25) is 10.0 Å². The van der Waals surface area contributed by atoms with E-state index in [2.05, 4.69) is 0 Å². The third-order valence-electron chi connectivity index (χ3n) is 1.21. The highest BCUT2D eigenvalue weighted by molar-refractivity contribution is 7.90. The van der Waals surface area contributed by atoms with Crippen molar-refractivity contribution >= 4 is 34.3 Å². The molecule has 0 saturated heterocycles. The second-order valence-electron chi connectivity index (χ2n) is 2.14. The molecule has 6 heteroatoms. The molecule has 2 N–H and O–H groups in total. The van der Waals surface area contributed by atoms with Crippen LogP contribution in [0.4, 0.5) is 0 Å². The molecule has 0 aliphatic carbocycles. The minimum atomic E-state index is -3.74. The van der Waals surface area contributed by atoms with Crippen molar-refractivity contribution in [3.8, 4) is 0 Å². The normalized spacial score (nSPS) is 11.5. The first-order chi connectivity index (χ1) is 5.41. The zero-order valence-corrected chi connectivity index (χ0v) is 8.21. The van der Waals surface area contributed by atoms with Crippen LogP contribution >= 0.6 is 24.2 Å². The van der Waals surface area contributed by atoms with Crippen LogP contribution in [0, 0.1) is 0 Å². The van der Waals surface area contributed by atoms with E-state index >= 15 is 0 Å². The van der Waals surface area contributed by atoms with Crippen LogP contribution in [0.3, 0.4) is 0 Å². The van der Waals surface area contributed by atoms with Crippen molar-refractivity contribution in [1.29, 1.82) is 0 Å². The number of hydrogen-bond acceptors (Lipinski definition) is 2. The SMILES string of the molecule is NS(=O)(=O)c1cc(Cl)ccc1[S]. The van der Waals surface area contributed by atoms with Crippen molar-refractivity contribution < 1.29 is 8.42 Å². The highest BCUT2D eigenvalue weighted by Gasteiger charge is 2.12. The fourth-order valence-corrected chi connectivity index (χ4v) is 2.06. The summed E-state index contributed by atoms with van der Waals surface area (Å²) in [6.07, 6.45) is 0. The first-order valence-electron chi connectivity index (χ1n) is 2.90. The molecule has 0 aromatic heterocycles. The summed E-state index contributed by atoms with van der Waals surface area (Å²) in [5.41, 5.74) is 0. The highest BCUT2D eigenvalue weighted by Crippen LogP contribution is 2.22. The molecule has 0 fully saturated rings. The van der Waals surface area contributed by atoms with Gasteiger partial charge in [-0.25, -0.2) is 13.6 Å². The van der Waals surface area contributed by atoms with E-state index in [9.17, 15) is 8.42 Å². The summed E-state index contributed by atoms with van der Waals surface area (Å²) in [6, 6.07) is 4.18. The lowest BCUT2D eigenvalue weighted by atomic mass is 10.4. The van der Waals surface area contributed by atoms with Crippen LogP contribution in [0.1, 0.15) is 0 Å². The fraction of sp³-hybridized carbons (Fsp3) is 0. The zero-order chi connectivity index (χ0) is 9.35. The molecule has 3 nitrogen and oxygen atoms in total. The van der Waals surface area contributed by atoms with Gasteiger partial charge in [0.15, 0.2) is 0 Å². The number of sulfonamides is 1. The number of rotatable bonds is 1. The Morgan fingerprint density at radius 2 is 2.00 bits per heavy atom. The Hall–Kier alpha value is -0.360. The maximum Gasteiger partial charge on any atom is 0.239 e. The van der Waals surface area contributed by atoms with E-state index in [1.165, 1.54) is 18.2 Å². The minimum absolute atomic E-state index is 0.106. The van der Waals surface area contributed by atoms with Crippen LogP contribution < -0.4 is 5.14 Å². The smallest absolute Gasteiger partial charge is 0.225 e. The second kappa shape index (κ2) is 3.18. The second-order valence-corrected chi connectivity index (χ2v) is 4.54. The van der Waals surface area contributed by atoms with E-state index in [1.807, 2.05) is 0 Å². The van der Waals surface area contributed by atoms with E-state index in [4.69, 9.17) is 29.4 Å². The van der Waals surface area contributed by atoms with Crippen molar-refractivity contribution in [3.05, 3.63) is 23.2 Å². The molecule has 0 unspecified atom stereocenters. The first kappa shape index (κ1) is 9.73. The standard InChI is InChI=1S/C6H5ClNO2S2/c7-4-1-2-5(11)6(3-4)12(8,9)10/h1-3H,(H2,8,9,10). The quantitative estimate of drug-likeness (QED) is 0.784. The minimum Gasteiger partial charge on any atom is -0.225 e. The van der Waals surface area contributed by atoms with Crippen LogP contribution in [0.25, 0.3) is 0 Å². The Bertz CT molecular complexity index is 402. The van der Waals surface area contributed by atoms with Gasteiger partial charge >= 0.3 is 0 Å². The van der Waals surface area contributed by atoms with Crippen LogP contribution in [-0.2, 0) is 10.0 Å². The number of hydrogen-bond donors (Lipinski definition) is 1. The van der Waals surface area contributed by atoms with Crippen LogP contribution in [0.5, 0.6) is 0 Å². The van der Waals surface area contributed by atoms with Crippen molar-refractivity contribution in [2.45, 2.75) is 9.79 Å². The highest BCUT2D eigenvalue weighted by atomic mass is 35.5. The Morgan fingerprint density at radius 3 is 2.42 bits per heavy atom. The maximum absolute atomic E-state index is 10.9. The van der Waals surface area contributed by atoms with Gasteiger partial charge in [-0.15, -0.1) is 0 Å². The molecule has 1 aromatic carbocycles. The summed E-state index contributed by atoms with van der Waals surface area (Å²) >= 11 is 10.3. The molecule has 0 atom stereocenters. The topological polar surface area (TPSA) is 60.2 Å². The molecule has 1 radical (unpaired) electrons. The maximum atomic E-state index is 10.9. The summed E-state index contributed by atoms with van der Waals surface area (Å²) in [5, 5.41) is 5.17. The zero-order valence-electron chi connectivity index (χ0n) is 5.82. The summed E-state index contributed by atoms with van der Waals surface area (Å²) in [4.78, 5) is 0.0758. The number of nitrogens with two attached hydrogens (primary N) is 1. The van der Waals surface area contributed by atoms with Gasteiger partial charge in [-0.1, -0.05) is 24.2 Å². The van der Waals surface area contributed by atoms with Crippen molar-refractivity contribution in [1.82, 2.24) is 0 Å². The molecule has 0 saturated carbocycles. The van der Waals surface area contributed by atoms with Gasteiger partial charge in [0.1, 0.15) is 4.90 Å². The molecule has 65 valence electrons. The van der Waals surface area contributed by atoms with Crippen LogP contribution in [0.2, 0.25) is 5.02 Å². The van der Waals surface area contributed by atoms with Crippen LogP contribution in [-0.4, -0.2) is 8.42 Å². The molecule has 0 spiro atoms. The largest absolute Gasteiger partial charge is 0.239 e. The van der Waals surface area contributed by atoms with E-state index in [1.54, 1.807) is 0 Å². The Morgan fingerprint density at radius 1 is 1.42 bits per heavy atom. The number of primary sulfonamides is 1. The van der Waals surface area contributed by atoms with E-state index in [0.29, 0.717) is 5.02 Å². The lowest BCUT2D eigenvalue weighted by Gasteiger charge is -2.00. The molecule has 0 aliphatic rings. The van der Waals surface area contributed by atoms with Crippen molar-refractivity contribution in [3.63, 3.8) is 0 Å². The average molecular weight is 223 g/mol. The number of benzene rings is 1. The summed E-state index contributed by atoms with van der Waals surface area (Å²) in [6.45, 7) is 0. The number of halogens is 1. The average Bonchev–Trinajstić information content (AvgIpc) is 1.92. The van der Waals surface area contributed by atoms with Crippen molar-refractivity contribution in [2.75, 3.05) is 0 Å². The summed E-state index contributed by atoms with van der Waals surface area (Å²) in [7, 11) is -3.74. The molecule has 0 bridgehead atoms. The summed E-state index contributed by atoms with van der Waals surface area (Å²) in [5.74, 6) is 0. The lowest BCUT2D eigenvalue weighted by molar-refractivity contribution is 0.596. The molecule has 1 rings (SSSR count). The molecule has 0 heterocycles. The van der Waals surface area contributed by atoms with Gasteiger partial charge in [-0.3, -0.25) is 0 Å². The van der Waals surface area contributed by atoms with Gasteiger partial charge < -0.3 is 0 Å². The molecule has 12 heavy (non-hydrogen) atoms. The van der Waals surface area contributed by atoms with E-state index in [0.717, 1.165) is 0 Å². The predicted molar refractivity (Wildman–Crippen MR) is 48.7 cm³/mol. The van der Waals surface area contributed by atoms with Gasteiger partial charge in [0.25, 0.3) is 0 Å². The first-order valence-corrected chi connectivity index (χ1v) is 5.24. The predicted octanol–water partition coefficient (Wildman–Crippen LogP) is 1.54. The van der Waals surface area contributed by atoms with E-state index in [-0.39, 0.29) is 9.79 Å². The third-order valence-corrected chi connectivity index (χ3v) is 2.88. The Balaban J connectivity index is 3.43. The van der Waals surface area contributed by atoms with Gasteiger partial charge in [0, 0.05) is 5.02 Å². The fourth-order valence-electron chi connectivity index (χ4n) is 0.704. The molecular formula is C6H5ClNO2S2. The molecule has 0 amide bonds. The third kappa shape index (κ3) is 2.07. The monoisotopic (exact) mass is 222 g/mol. The molecule has 1 aromatic rings. The van der Waals surface area contributed by atoms with E-state index < -0.39 is 10.0 Å². The van der Waals surface area contributed by atoms with Gasteiger partial charge in [-0.05, 0) is 18.2 Å². The van der Waals surface area contributed by atoms with Gasteiger partial charge in [-0.2, -0.15) is 0 Å². The Kier molecular flexibility index (Phi) is 2.58. The van der Waals surface area contributed by atoms with Gasteiger partial charge in [0.05, 0.1) is 4.90 Å². The lowest BCUT2D eigenvalue weighted by Crippen LogP contribution is -2.12. The Labute approximate surface area is 81.0 Å². The molecule has 0 aliphatic heterocycles. The van der Waals surface area contributed by atoms with Crippen LogP contribution in [0.15, 0.2) is 28.0 Å². The summed E-state index contributed by atoms with van der Waals surface area (Å²) < 4.78 is 21.7. The molecular weight excluding hydrogens is 218 g/mol.